The van der Waals surface area contributed by atoms with E-state index in [-0.39, 0.29) is 0 Å². The zero-order valence-corrected chi connectivity index (χ0v) is 12.2. The SMILES string of the molecule is O=S(=O)(CCCc1ccccc1)CC1CCCNC1. The highest BCUT2D eigenvalue weighted by atomic mass is 32.2. The van der Waals surface area contributed by atoms with Crippen molar-refractivity contribution in [1.29, 1.82) is 0 Å². The minimum Gasteiger partial charge on any atom is -0.316 e. The van der Waals surface area contributed by atoms with Crippen LogP contribution in [0.3, 0.4) is 0 Å². The normalized spacial score (nSPS) is 20.3. The van der Waals surface area contributed by atoms with E-state index in [0.717, 1.165) is 38.8 Å². The summed E-state index contributed by atoms with van der Waals surface area (Å²) in [6, 6.07) is 10.1. The third-order valence-corrected chi connectivity index (χ3v) is 5.54. The lowest BCUT2D eigenvalue weighted by atomic mass is 10.0. The summed E-state index contributed by atoms with van der Waals surface area (Å²) in [4.78, 5) is 0. The van der Waals surface area contributed by atoms with Gasteiger partial charge < -0.3 is 5.32 Å². The van der Waals surface area contributed by atoms with Crippen molar-refractivity contribution in [3.05, 3.63) is 35.9 Å². The first-order valence-corrected chi connectivity index (χ1v) is 8.93. The van der Waals surface area contributed by atoms with E-state index in [1.54, 1.807) is 0 Å². The molecule has 19 heavy (non-hydrogen) atoms. The lowest BCUT2D eigenvalue weighted by Crippen LogP contribution is -2.34. The number of rotatable bonds is 6. The smallest absolute Gasteiger partial charge is 0.150 e. The predicted octanol–water partition coefficient (Wildman–Crippen LogP) is 2.03. The molecule has 0 bridgehead atoms. The molecule has 1 aromatic rings. The Morgan fingerprint density at radius 3 is 2.68 bits per heavy atom. The molecule has 0 radical (unpaired) electrons. The first-order valence-electron chi connectivity index (χ1n) is 7.11. The highest BCUT2D eigenvalue weighted by Gasteiger charge is 2.20. The van der Waals surface area contributed by atoms with Gasteiger partial charge in [0.05, 0.1) is 11.5 Å². The fourth-order valence-electron chi connectivity index (χ4n) is 2.65. The summed E-state index contributed by atoms with van der Waals surface area (Å²) in [7, 11) is -2.89. The fourth-order valence-corrected chi connectivity index (χ4v) is 4.40. The highest BCUT2D eigenvalue weighted by Crippen LogP contribution is 2.14. The molecular weight excluding hydrogens is 258 g/mol. The molecule has 0 aliphatic carbocycles. The quantitative estimate of drug-likeness (QED) is 0.868. The molecule has 0 spiro atoms. The molecule has 1 unspecified atom stereocenters. The highest BCUT2D eigenvalue weighted by molar-refractivity contribution is 7.91. The Hall–Kier alpha value is -0.870. The summed E-state index contributed by atoms with van der Waals surface area (Å²) in [5.74, 6) is 0.989. The maximum absolute atomic E-state index is 12.1. The lowest BCUT2D eigenvalue weighted by Gasteiger charge is -2.22. The van der Waals surface area contributed by atoms with Gasteiger partial charge in [-0.3, -0.25) is 0 Å². The molecule has 4 heteroatoms. The van der Waals surface area contributed by atoms with Gasteiger partial charge in [-0.15, -0.1) is 0 Å². The minimum absolute atomic E-state index is 0.315. The van der Waals surface area contributed by atoms with Crippen molar-refractivity contribution in [2.24, 2.45) is 5.92 Å². The summed E-state index contributed by atoms with van der Waals surface area (Å²) >= 11 is 0. The standard InChI is InChI=1S/C15H23NO2S/c17-19(18,13-15-8-4-10-16-12-15)11-5-9-14-6-2-1-3-7-14/h1-3,6-7,15-16H,4-5,8-13H2. The summed E-state index contributed by atoms with van der Waals surface area (Å²) < 4.78 is 24.1. The minimum atomic E-state index is -2.89. The van der Waals surface area contributed by atoms with Crippen molar-refractivity contribution in [2.75, 3.05) is 24.6 Å². The molecule has 1 aromatic carbocycles. The average molecular weight is 281 g/mol. The van der Waals surface area contributed by atoms with Crippen LogP contribution >= 0.6 is 0 Å². The summed E-state index contributed by atoms with van der Waals surface area (Å²) in [5.41, 5.74) is 1.22. The Morgan fingerprint density at radius 2 is 2.00 bits per heavy atom. The van der Waals surface area contributed by atoms with Crippen LogP contribution in [-0.4, -0.2) is 33.0 Å². The van der Waals surface area contributed by atoms with Gasteiger partial charge in [0.15, 0.2) is 9.84 Å². The van der Waals surface area contributed by atoms with Crippen LogP contribution in [0, 0.1) is 5.92 Å². The molecule has 0 aromatic heterocycles. The monoisotopic (exact) mass is 281 g/mol. The molecule has 1 saturated heterocycles. The van der Waals surface area contributed by atoms with Gasteiger partial charge in [0.1, 0.15) is 0 Å². The maximum atomic E-state index is 12.1. The predicted molar refractivity (Wildman–Crippen MR) is 79.0 cm³/mol. The van der Waals surface area contributed by atoms with E-state index in [9.17, 15) is 8.42 Å². The fraction of sp³-hybridized carbons (Fsp3) is 0.600. The van der Waals surface area contributed by atoms with Crippen LogP contribution in [0.5, 0.6) is 0 Å². The third kappa shape index (κ3) is 5.33. The second kappa shape index (κ2) is 7.06. The molecule has 2 rings (SSSR count). The third-order valence-electron chi connectivity index (χ3n) is 3.65. The van der Waals surface area contributed by atoms with Crippen LogP contribution < -0.4 is 5.32 Å². The van der Waals surface area contributed by atoms with Gasteiger partial charge in [0.2, 0.25) is 0 Å². The van der Waals surface area contributed by atoms with Crippen molar-refractivity contribution < 1.29 is 8.42 Å². The molecule has 1 aliphatic heterocycles. The number of sulfone groups is 1. The van der Waals surface area contributed by atoms with Crippen LogP contribution in [0.2, 0.25) is 0 Å². The summed E-state index contributed by atoms with van der Waals surface area (Å²) in [6.45, 7) is 1.89. The molecule has 3 nitrogen and oxygen atoms in total. The van der Waals surface area contributed by atoms with Crippen molar-refractivity contribution in [2.45, 2.75) is 25.7 Å². The largest absolute Gasteiger partial charge is 0.316 e. The first-order chi connectivity index (χ1) is 9.16. The van der Waals surface area contributed by atoms with Gasteiger partial charge in [-0.25, -0.2) is 8.42 Å². The summed E-state index contributed by atoms with van der Waals surface area (Å²) in [5, 5.41) is 3.27. The number of benzene rings is 1. The lowest BCUT2D eigenvalue weighted by molar-refractivity contribution is 0.404. The topological polar surface area (TPSA) is 46.2 Å². The van der Waals surface area contributed by atoms with E-state index < -0.39 is 9.84 Å². The molecule has 1 atom stereocenters. The van der Waals surface area contributed by atoms with Crippen LogP contribution in [0.1, 0.15) is 24.8 Å². The zero-order valence-electron chi connectivity index (χ0n) is 11.3. The number of nitrogens with one attached hydrogen (secondary N) is 1. The van der Waals surface area contributed by atoms with Crippen molar-refractivity contribution in [3.8, 4) is 0 Å². The summed E-state index contributed by atoms with van der Waals surface area (Å²) in [6.07, 6.45) is 3.73. The molecule has 1 N–H and O–H groups in total. The average Bonchev–Trinajstić information content (AvgIpc) is 2.40. The van der Waals surface area contributed by atoms with E-state index >= 15 is 0 Å². The van der Waals surface area contributed by atoms with Crippen molar-refractivity contribution >= 4 is 9.84 Å². The molecule has 106 valence electrons. The molecule has 1 fully saturated rings. The van der Waals surface area contributed by atoms with Gasteiger partial charge in [0.25, 0.3) is 0 Å². The van der Waals surface area contributed by atoms with Crippen LogP contribution in [-0.2, 0) is 16.3 Å². The van der Waals surface area contributed by atoms with E-state index in [4.69, 9.17) is 0 Å². The Morgan fingerprint density at radius 1 is 1.21 bits per heavy atom. The van der Waals surface area contributed by atoms with Crippen LogP contribution in [0.25, 0.3) is 0 Å². The van der Waals surface area contributed by atoms with E-state index in [2.05, 4.69) is 17.4 Å². The number of hydrogen-bond donors (Lipinski definition) is 1. The van der Waals surface area contributed by atoms with Crippen molar-refractivity contribution in [1.82, 2.24) is 5.32 Å². The van der Waals surface area contributed by atoms with E-state index in [1.807, 2.05) is 18.2 Å². The number of hydrogen-bond acceptors (Lipinski definition) is 3. The van der Waals surface area contributed by atoms with Gasteiger partial charge in [-0.2, -0.15) is 0 Å². The maximum Gasteiger partial charge on any atom is 0.150 e. The Balaban J connectivity index is 1.74. The Bertz CT molecular complexity index is 464. The number of piperidine rings is 1. The molecule has 0 saturated carbocycles. The molecular formula is C15H23NO2S. The van der Waals surface area contributed by atoms with Gasteiger partial charge in [-0.1, -0.05) is 30.3 Å². The van der Waals surface area contributed by atoms with Crippen LogP contribution in [0.15, 0.2) is 30.3 Å². The van der Waals surface area contributed by atoms with E-state index in [1.165, 1.54) is 5.56 Å². The number of aryl methyl sites for hydroxylation is 1. The molecule has 1 heterocycles. The molecule has 0 amide bonds. The van der Waals surface area contributed by atoms with Gasteiger partial charge >= 0.3 is 0 Å². The van der Waals surface area contributed by atoms with Gasteiger partial charge in [0, 0.05) is 0 Å². The Kier molecular flexibility index (Phi) is 5.40. The second-order valence-electron chi connectivity index (χ2n) is 5.42. The van der Waals surface area contributed by atoms with E-state index in [0.29, 0.717) is 17.4 Å². The Labute approximate surface area is 116 Å². The van der Waals surface area contributed by atoms with Gasteiger partial charge in [-0.05, 0) is 50.3 Å². The second-order valence-corrected chi connectivity index (χ2v) is 7.64. The van der Waals surface area contributed by atoms with Crippen LogP contribution in [0.4, 0.5) is 0 Å². The first kappa shape index (κ1) is 14.5. The molecule has 1 aliphatic rings. The zero-order chi connectivity index (χ0) is 13.6. The van der Waals surface area contributed by atoms with Crippen molar-refractivity contribution in [3.63, 3.8) is 0 Å².